The normalized spacial score (nSPS) is 31.5. The lowest BCUT2D eigenvalue weighted by atomic mass is 9.76. The molecular formula is C12H18ClN3OS. The third kappa shape index (κ3) is 2.78. The van der Waals surface area contributed by atoms with Crippen molar-refractivity contribution in [2.45, 2.75) is 25.3 Å². The summed E-state index contributed by atoms with van der Waals surface area (Å²) in [6.07, 6.45) is 7.04. The van der Waals surface area contributed by atoms with Gasteiger partial charge in [0.05, 0.1) is 5.92 Å². The van der Waals surface area contributed by atoms with Gasteiger partial charge >= 0.3 is 0 Å². The summed E-state index contributed by atoms with van der Waals surface area (Å²) in [5.74, 6) is 0.455. The minimum Gasteiger partial charge on any atom is -0.369 e. The Morgan fingerprint density at radius 2 is 2.39 bits per heavy atom. The van der Waals surface area contributed by atoms with Crippen LogP contribution in [0.15, 0.2) is 12.3 Å². The van der Waals surface area contributed by atoms with Crippen molar-refractivity contribution in [1.29, 1.82) is 0 Å². The third-order valence-corrected chi connectivity index (χ3v) is 4.22. The number of nitrogens with one attached hydrogen (secondary N) is 1. The molecule has 3 N–H and O–H groups in total. The van der Waals surface area contributed by atoms with Gasteiger partial charge in [-0.2, -0.15) is 0 Å². The molecule has 1 amide bonds. The highest BCUT2D eigenvalue weighted by Crippen LogP contribution is 2.31. The molecule has 3 atom stereocenters. The first-order valence-corrected chi connectivity index (χ1v) is 7.18. The molecule has 2 unspecified atom stereocenters. The summed E-state index contributed by atoms with van der Waals surface area (Å²) in [6.45, 7) is 0.671. The van der Waals surface area contributed by atoms with Gasteiger partial charge in [0.15, 0.2) is 5.11 Å². The fourth-order valence-corrected chi connectivity index (χ4v) is 3.22. The number of nitrogens with zero attached hydrogens (tertiary/aromatic N) is 1. The van der Waals surface area contributed by atoms with Crippen molar-refractivity contribution in [3.63, 3.8) is 0 Å². The molecule has 1 aliphatic heterocycles. The number of carbonyl (C=O) groups excluding carboxylic acids is 1. The van der Waals surface area contributed by atoms with Gasteiger partial charge in [0.2, 0.25) is 5.91 Å². The second kappa shape index (κ2) is 5.89. The van der Waals surface area contributed by atoms with Crippen LogP contribution < -0.4 is 11.1 Å². The predicted octanol–water partition coefficient (Wildman–Crippen LogP) is 1.20. The predicted molar refractivity (Wildman–Crippen MR) is 76.1 cm³/mol. The summed E-state index contributed by atoms with van der Waals surface area (Å²) in [5, 5.41) is 3.91. The number of alkyl halides is 1. The number of halogens is 1. The maximum atomic E-state index is 11.5. The number of fused-ring (bicyclic) bond motifs is 1. The molecule has 0 aromatic rings. The molecule has 0 radical (unpaired) electrons. The number of primary amides is 1. The van der Waals surface area contributed by atoms with Crippen molar-refractivity contribution in [2.75, 3.05) is 12.4 Å². The van der Waals surface area contributed by atoms with Crippen LogP contribution in [0.4, 0.5) is 0 Å². The molecule has 2 rings (SSSR count). The number of thiocarbonyl (C=S) groups is 1. The van der Waals surface area contributed by atoms with Gasteiger partial charge in [0.25, 0.3) is 0 Å². The summed E-state index contributed by atoms with van der Waals surface area (Å²) in [5.41, 5.74) is 5.48. The number of amides is 1. The lowest BCUT2D eigenvalue weighted by Gasteiger charge is -2.35. The number of carbonyl (C=O) groups is 1. The van der Waals surface area contributed by atoms with Gasteiger partial charge in [-0.25, -0.2) is 0 Å². The van der Waals surface area contributed by atoms with Crippen LogP contribution in [0.1, 0.15) is 19.3 Å². The zero-order valence-corrected chi connectivity index (χ0v) is 11.7. The number of hydrogen-bond acceptors (Lipinski definition) is 2. The molecule has 0 aromatic carbocycles. The van der Waals surface area contributed by atoms with E-state index < -0.39 is 0 Å². The zero-order chi connectivity index (χ0) is 13.1. The number of hydrogen-bond donors (Lipinski definition) is 2. The van der Waals surface area contributed by atoms with E-state index in [1.807, 2.05) is 11.1 Å². The highest BCUT2D eigenvalue weighted by Gasteiger charge is 2.37. The molecule has 1 aliphatic carbocycles. The standard InChI is InChI=1S/C12H18ClN3OS/c13-5-7-16-6-4-8-2-1-3-9(11(14)17)10(8)15-12(16)18/h4,6,8-10H,1-3,5,7H2,(H2,14,17)(H,15,18)/t8?,9-,10?/m0/s1. The van der Waals surface area contributed by atoms with Crippen molar-refractivity contribution in [3.05, 3.63) is 12.3 Å². The first-order valence-electron chi connectivity index (χ1n) is 6.24. The third-order valence-electron chi connectivity index (χ3n) is 3.70. The Morgan fingerprint density at radius 1 is 1.61 bits per heavy atom. The molecular weight excluding hydrogens is 270 g/mol. The summed E-state index contributed by atoms with van der Waals surface area (Å²) in [4.78, 5) is 13.4. The molecule has 6 heteroatoms. The van der Waals surface area contributed by atoms with Crippen LogP contribution in [0.2, 0.25) is 0 Å². The van der Waals surface area contributed by atoms with E-state index in [2.05, 4.69) is 11.4 Å². The van der Waals surface area contributed by atoms with Crippen LogP contribution in [-0.2, 0) is 4.79 Å². The molecule has 0 spiro atoms. The maximum absolute atomic E-state index is 11.5. The molecule has 1 heterocycles. The number of rotatable bonds is 3. The van der Waals surface area contributed by atoms with E-state index in [-0.39, 0.29) is 17.9 Å². The maximum Gasteiger partial charge on any atom is 0.222 e. The smallest absolute Gasteiger partial charge is 0.222 e. The minimum absolute atomic E-state index is 0.0281. The highest BCUT2D eigenvalue weighted by atomic mass is 35.5. The van der Waals surface area contributed by atoms with Crippen molar-refractivity contribution in [2.24, 2.45) is 17.6 Å². The molecule has 1 saturated carbocycles. The Hall–Kier alpha value is -0.810. The van der Waals surface area contributed by atoms with Crippen LogP contribution in [0, 0.1) is 11.8 Å². The van der Waals surface area contributed by atoms with Gasteiger partial charge in [0, 0.05) is 24.7 Å². The molecule has 0 aromatic heterocycles. The SMILES string of the molecule is NC(=O)[C@H]1CCCC2C=CN(CCCl)C(=S)NC21. The Kier molecular flexibility index (Phi) is 4.45. The lowest BCUT2D eigenvalue weighted by molar-refractivity contribution is -0.123. The second-order valence-corrected chi connectivity index (χ2v) is 5.57. The highest BCUT2D eigenvalue weighted by molar-refractivity contribution is 7.80. The number of nitrogens with two attached hydrogens (primary N) is 1. The summed E-state index contributed by atoms with van der Waals surface area (Å²) in [6, 6.07) is 0.0281. The molecule has 2 aliphatic rings. The van der Waals surface area contributed by atoms with Crippen LogP contribution in [-0.4, -0.2) is 34.4 Å². The Bertz CT molecular complexity index is 374. The van der Waals surface area contributed by atoms with E-state index in [4.69, 9.17) is 29.6 Å². The Balaban J connectivity index is 2.17. The van der Waals surface area contributed by atoms with Crippen LogP contribution in [0.5, 0.6) is 0 Å². The van der Waals surface area contributed by atoms with Crippen molar-refractivity contribution in [3.8, 4) is 0 Å². The van der Waals surface area contributed by atoms with Gasteiger partial charge in [-0.15, -0.1) is 11.6 Å². The molecule has 18 heavy (non-hydrogen) atoms. The summed E-state index contributed by atoms with van der Waals surface area (Å²) < 4.78 is 0. The monoisotopic (exact) mass is 287 g/mol. The Morgan fingerprint density at radius 3 is 3.06 bits per heavy atom. The second-order valence-electron chi connectivity index (χ2n) is 4.80. The summed E-state index contributed by atoms with van der Waals surface area (Å²) >= 11 is 11.1. The Labute approximate surface area is 118 Å². The van der Waals surface area contributed by atoms with Crippen molar-refractivity contribution in [1.82, 2.24) is 10.2 Å². The van der Waals surface area contributed by atoms with E-state index in [1.54, 1.807) is 0 Å². The van der Waals surface area contributed by atoms with Crippen LogP contribution in [0.3, 0.4) is 0 Å². The minimum atomic E-state index is -0.237. The van der Waals surface area contributed by atoms with Crippen molar-refractivity contribution >= 4 is 34.8 Å². The quantitative estimate of drug-likeness (QED) is 0.605. The van der Waals surface area contributed by atoms with E-state index in [0.29, 0.717) is 23.5 Å². The first-order chi connectivity index (χ1) is 8.63. The molecule has 100 valence electrons. The van der Waals surface area contributed by atoms with E-state index in [9.17, 15) is 4.79 Å². The van der Waals surface area contributed by atoms with E-state index in [1.165, 1.54) is 0 Å². The largest absolute Gasteiger partial charge is 0.369 e. The molecule has 0 bridgehead atoms. The summed E-state index contributed by atoms with van der Waals surface area (Å²) in [7, 11) is 0. The van der Waals surface area contributed by atoms with Gasteiger partial charge in [-0.3, -0.25) is 4.79 Å². The van der Waals surface area contributed by atoms with E-state index >= 15 is 0 Å². The molecule has 0 saturated heterocycles. The fourth-order valence-electron chi connectivity index (χ4n) is 2.75. The van der Waals surface area contributed by atoms with Crippen molar-refractivity contribution < 1.29 is 4.79 Å². The zero-order valence-electron chi connectivity index (χ0n) is 10.1. The average molecular weight is 288 g/mol. The van der Waals surface area contributed by atoms with Crippen LogP contribution in [0.25, 0.3) is 0 Å². The fraction of sp³-hybridized carbons (Fsp3) is 0.667. The first kappa shape index (κ1) is 13.6. The lowest BCUT2D eigenvalue weighted by Crippen LogP contribution is -2.52. The molecule has 4 nitrogen and oxygen atoms in total. The van der Waals surface area contributed by atoms with Gasteiger partial charge < -0.3 is 16.0 Å². The van der Waals surface area contributed by atoms with Crippen LogP contribution >= 0.6 is 23.8 Å². The molecule has 1 fully saturated rings. The van der Waals surface area contributed by atoms with Gasteiger partial charge in [-0.05, 0) is 31.0 Å². The van der Waals surface area contributed by atoms with E-state index in [0.717, 1.165) is 19.3 Å². The van der Waals surface area contributed by atoms with Gasteiger partial charge in [-0.1, -0.05) is 12.5 Å². The topological polar surface area (TPSA) is 58.4 Å². The average Bonchev–Trinajstić information content (AvgIpc) is 2.49. The van der Waals surface area contributed by atoms with Gasteiger partial charge in [0.1, 0.15) is 0 Å².